The Morgan fingerprint density at radius 3 is 2.62 bits per heavy atom. The molecular weight excluding hydrogens is 280 g/mol. The summed E-state index contributed by atoms with van der Waals surface area (Å²) in [6, 6.07) is -1.51. The monoisotopic (exact) mass is 300 g/mol. The molecule has 3 amide bonds. The molecule has 5 N–H and O–H groups in total. The Morgan fingerprint density at radius 1 is 1.38 bits per heavy atom. The van der Waals surface area contributed by atoms with Crippen LogP contribution in [0.4, 0.5) is 0 Å². The van der Waals surface area contributed by atoms with E-state index in [1.165, 1.54) is 11.8 Å². The van der Waals surface area contributed by atoms with Gasteiger partial charge >= 0.3 is 5.97 Å². The smallest absolute Gasteiger partial charge is 0.322 e. The zero-order chi connectivity index (χ0) is 16.0. The van der Waals surface area contributed by atoms with Gasteiger partial charge in [-0.1, -0.05) is 0 Å². The first kappa shape index (κ1) is 16.9. The van der Waals surface area contributed by atoms with Crippen LogP contribution in [0.3, 0.4) is 0 Å². The number of hydrogen-bond acceptors (Lipinski definition) is 5. The Bertz CT molecular complexity index is 439. The van der Waals surface area contributed by atoms with Crippen molar-refractivity contribution in [2.75, 3.05) is 19.6 Å². The highest BCUT2D eigenvalue weighted by atomic mass is 16.4. The number of carboxylic acid groups (broad SMARTS) is 1. The fourth-order valence-corrected chi connectivity index (χ4v) is 2.15. The van der Waals surface area contributed by atoms with E-state index in [9.17, 15) is 19.2 Å². The molecule has 1 heterocycles. The van der Waals surface area contributed by atoms with Gasteiger partial charge in [-0.15, -0.1) is 0 Å². The number of aliphatic carboxylic acids is 1. The lowest BCUT2D eigenvalue weighted by molar-refractivity contribution is -0.139. The minimum absolute atomic E-state index is 0.168. The van der Waals surface area contributed by atoms with Crippen molar-refractivity contribution in [2.45, 2.75) is 31.8 Å². The zero-order valence-electron chi connectivity index (χ0n) is 11.8. The Kier molecular flexibility index (Phi) is 6.10. The molecule has 0 bridgehead atoms. The van der Waals surface area contributed by atoms with E-state index in [0.29, 0.717) is 19.4 Å². The highest BCUT2D eigenvalue weighted by Gasteiger charge is 2.34. The van der Waals surface area contributed by atoms with Crippen LogP contribution < -0.4 is 16.4 Å². The van der Waals surface area contributed by atoms with Gasteiger partial charge in [-0.2, -0.15) is 0 Å². The van der Waals surface area contributed by atoms with Gasteiger partial charge in [-0.3, -0.25) is 19.2 Å². The maximum atomic E-state index is 12.1. The van der Waals surface area contributed by atoms with Crippen LogP contribution in [0.1, 0.15) is 19.8 Å². The van der Waals surface area contributed by atoms with E-state index in [1.807, 2.05) is 0 Å². The second-order valence-corrected chi connectivity index (χ2v) is 4.79. The van der Waals surface area contributed by atoms with Crippen molar-refractivity contribution in [1.82, 2.24) is 15.5 Å². The molecule has 0 aromatic rings. The lowest BCUT2D eigenvalue weighted by atomic mass is 10.2. The van der Waals surface area contributed by atoms with Gasteiger partial charge in [0.25, 0.3) is 0 Å². The number of carboxylic acids is 1. The van der Waals surface area contributed by atoms with Crippen molar-refractivity contribution in [2.24, 2.45) is 5.73 Å². The van der Waals surface area contributed by atoms with Gasteiger partial charge in [0.1, 0.15) is 18.6 Å². The van der Waals surface area contributed by atoms with Gasteiger partial charge in [-0.05, 0) is 19.8 Å². The fraction of sp³-hybridized carbons (Fsp3) is 0.667. The lowest BCUT2D eigenvalue weighted by Gasteiger charge is -2.24. The largest absolute Gasteiger partial charge is 0.480 e. The summed E-state index contributed by atoms with van der Waals surface area (Å²) in [6.07, 6.45) is 1.21. The van der Waals surface area contributed by atoms with Gasteiger partial charge in [0.15, 0.2) is 0 Å². The number of carbonyl (C=O) groups excluding carboxylic acids is 3. The van der Waals surface area contributed by atoms with E-state index in [0.717, 1.165) is 0 Å². The third-order valence-electron chi connectivity index (χ3n) is 3.22. The number of nitrogens with zero attached hydrogens (tertiary/aromatic N) is 1. The predicted molar refractivity (Wildman–Crippen MR) is 72.0 cm³/mol. The van der Waals surface area contributed by atoms with Crippen molar-refractivity contribution in [3.05, 3.63) is 0 Å². The van der Waals surface area contributed by atoms with Crippen LogP contribution >= 0.6 is 0 Å². The van der Waals surface area contributed by atoms with E-state index in [4.69, 9.17) is 10.8 Å². The van der Waals surface area contributed by atoms with E-state index < -0.39 is 36.4 Å². The number of likely N-dealkylation sites (tertiary alicyclic amines) is 1. The molecule has 1 fully saturated rings. The second-order valence-electron chi connectivity index (χ2n) is 4.79. The van der Waals surface area contributed by atoms with Crippen LogP contribution in [0.5, 0.6) is 0 Å². The summed E-state index contributed by atoms with van der Waals surface area (Å²) < 4.78 is 0. The molecule has 0 spiro atoms. The molecule has 2 atom stereocenters. The lowest BCUT2D eigenvalue weighted by Crippen LogP contribution is -2.53. The highest BCUT2D eigenvalue weighted by Crippen LogP contribution is 2.17. The first-order valence-electron chi connectivity index (χ1n) is 6.66. The van der Waals surface area contributed by atoms with Crippen LogP contribution in [-0.2, 0) is 19.2 Å². The molecule has 0 aliphatic carbocycles. The molecule has 9 nitrogen and oxygen atoms in total. The SMILES string of the molecule is CC(NC(=O)C1CCCN1C(=O)CN)C(=O)NCC(=O)O. The fourth-order valence-electron chi connectivity index (χ4n) is 2.15. The Balaban J connectivity index is 2.53. The maximum absolute atomic E-state index is 12.1. The van der Waals surface area contributed by atoms with Crippen LogP contribution in [0, 0.1) is 0 Å². The summed E-state index contributed by atoms with van der Waals surface area (Å²) in [7, 11) is 0. The molecule has 118 valence electrons. The van der Waals surface area contributed by atoms with E-state index in [2.05, 4.69) is 10.6 Å². The highest BCUT2D eigenvalue weighted by molar-refractivity contribution is 5.93. The van der Waals surface area contributed by atoms with Crippen molar-refractivity contribution >= 4 is 23.7 Å². The minimum Gasteiger partial charge on any atom is -0.480 e. The Morgan fingerprint density at radius 2 is 2.05 bits per heavy atom. The Hall–Kier alpha value is -2.16. The molecule has 1 aliphatic heterocycles. The number of nitrogens with one attached hydrogen (secondary N) is 2. The Labute approximate surface area is 121 Å². The van der Waals surface area contributed by atoms with Gasteiger partial charge in [-0.25, -0.2) is 0 Å². The molecule has 2 unspecified atom stereocenters. The molecule has 9 heteroatoms. The molecule has 0 radical (unpaired) electrons. The van der Waals surface area contributed by atoms with E-state index in [-0.39, 0.29) is 12.5 Å². The first-order chi connectivity index (χ1) is 9.86. The van der Waals surface area contributed by atoms with Crippen molar-refractivity contribution < 1.29 is 24.3 Å². The number of amides is 3. The van der Waals surface area contributed by atoms with Crippen molar-refractivity contribution in [3.63, 3.8) is 0 Å². The summed E-state index contributed by atoms with van der Waals surface area (Å²) in [4.78, 5) is 47.0. The van der Waals surface area contributed by atoms with Crippen molar-refractivity contribution in [3.8, 4) is 0 Å². The average molecular weight is 300 g/mol. The standard InChI is InChI=1S/C12H20N4O5/c1-7(11(20)14-6-10(18)19)15-12(21)8-3-2-4-16(8)9(17)5-13/h7-8H,2-6,13H2,1H3,(H,14,20)(H,15,21)(H,18,19). The van der Waals surface area contributed by atoms with Gasteiger partial charge in [0, 0.05) is 6.54 Å². The van der Waals surface area contributed by atoms with Crippen LogP contribution in [0.15, 0.2) is 0 Å². The number of carbonyl (C=O) groups is 4. The van der Waals surface area contributed by atoms with Gasteiger partial charge in [0.2, 0.25) is 17.7 Å². The molecule has 0 aromatic carbocycles. The number of rotatable bonds is 6. The number of nitrogens with two attached hydrogens (primary N) is 1. The number of hydrogen-bond donors (Lipinski definition) is 4. The predicted octanol–water partition coefficient (Wildman–Crippen LogP) is -2.36. The van der Waals surface area contributed by atoms with Crippen LogP contribution in [-0.4, -0.2) is 65.4 Å². The van der Waals surface area contributed by atoms with Crippen LogP contribution in [0.25, 0.3) is 0 Å². The van der Waals surface area contributed by atoms with Crippen molar-refractivity contribution in [1.29, 1.82) is 0 Å². The minimum atomic E-state index is -1.17. The molecule has 0 saturated carbocycles. The summed E-state index contributed by atoms with van der Waals surface area (Å²) in [5, 5.41) is 13.1. The topological polar surface area (TPSA) is 142 Å². The van der Waals surface area contributed by atoms with Gasteiger partial charge in [0.05, 0.1) is 6.54 Å². The molecule has 0 aromatic heterocycles. The molecule has 1 aliphatic rings. The zero-order valence-corrected chi connectivity index (χ0v) is 11.8. The maximum Gasteiger partial charge on any atom is 0.322 e. The molecular formula is C12H20N4O5. The average Bonchev–Trinajstić information content (AvgIpc) is 2.92. The van der Waals surface area contributed by atoms with Crippen LogP contribution in [0.2, 0.25) is 0 Å². The normalized spacial score (nSPS) is 19.0. The second kappa shape index (κ2) is 7.58. The van der Waals surface area contributed by atoms with E-state index >= 15 is 0 Å². The summed E-state index contributed by atoms with van der Waals surface area (Å²) in [5.74, 6) is -2.51. The third kappa shape index (κ3) is 4.71. The first-order valence-corrected chi connectivity index (χ1v) is 6.66. The van der Waals surface area contributed by atoms with Gasteiger partial charge < -0.3 is 26.4 Å². The third-order valence-corrected chi connectivity index (χ3v) is 3.22. The quantitative estimate of drug-likeness (QED) is 0.432. The van der Waals surface area contributed by atoms with E-state index in [1.54, 1.807) is 0 Å². The summed E-state index contributed by atoms with van der Waals surface area (Å²) >= 11 is 0. The molecule has 1 rings (SSSR count). The summed E-state index contributed by atoms with van der Waals surface area (Å²) in [5.41, 5.74) is 5.29. The summed E-state index contributed by atoms with van der Waals surface area (Å²) in [6.45, 7) is 1.23. The molecule has 21 heavy (non-hydrogen) atoms. The molecule has 1 saturated heterocycles.